The van der Waals surface area contributed by atoms with Gasteiger partial charge in [0, 0.05) is 10.0 Å². The average Bonchev–Trinajstić information content (AvgIpc) is 2.64. The SMILES string of the molecule is CC(C)COc1cccc(C(=O)NNC(=O)COc2ccc(Br)cc2Br)c1. The molecule has 27 heavy (non-hydrogen) atoms. The second-order valence-corrected chi connectivity index (χ2v) is 7.87. The van der Waals surface area contributed by atoms with E-state index in [1.807, 2.05) is 19.9 Å². The number of carbonyl (C=O) groups excluding carboxylic acids is 2. The third-order valence-electron chi connectivity index (χ3n) is 3.25. The van der Waals surface area contributed by atoms with Crippen molar-refractivity contribution in [2.45, 2.75) is 13.8 Å². The Morgan fingerprint density at radius 1 is 1.04 bits per heavy atom. The van der Waals surface area contributed by atoms with E-state index in [1.165, 1.54) is 0 Å². The molecule has 0 aromatic heterocycles. The van der Waals surface area contributed by atoms with Crippen molar-refractivity contribution in [3.05, 3.63) is 57.0 Å². The number of rotatable bonds is 7. The molecule has 6 nitrogen and oxygen atoms in total. The van der Waals surface area contributed by atoms with E-state index in [4.69, 9.17) is 9.47 Å². The van der Waals surface area contributed by atoms with E-state index in [9.17, 15) is 9.59 Å². The van der Waals surface area contributed by atoms with E-state index in [-0.39, 0.29) is 6.61 Å². The Bertz CT molecular complexity index is 812. The molecule has 0 saturated heterocycles. The van der Waals surface area contributed by atoms with Crippen molar-refractivity contribution >= 4 is 43.7 Å². The maximum atomic E-state index is 12.2. The Morgan fingerprint density at radius 2 is 1.81 bits per heavy atom. The van der Waals surface area contributed by atoms with E-state index >= 15 is 0 Å². The molecule has 0 unspecified atom stereocenters. The molecule has 0 heterocycles. The van der Waals surface area contributed by atoms with Crippen LogP contribution in [0, 0.1) is 5.92 Å². The molecule has 8 heteroatoms. The van der Waals surface area contributed by atoms with Crippen LogP contribution in [0.3, 0.4) is 0 Å². The van der Waals surface area contributed by atoms with Crippen LogP contribution in [-0.2, 0) is 4.79 Å². The summed E-state index contributed by atoms with van der Waals surface area (Å²) in [5.74, 6) is 0.585. The Morgan fingerprint density at radius 3 is 2.52 bits per heavy atom. The van der Waals surface area contributed by atoms with Crippen LogP contribution in [0.4, 0.5) is 0 Å². The van der Waals surface area contributed by atoms with Gasteiger partial charge < -0.3 is 9.47 Å². The van der Waals surface area contributed by atoms with Gasteiger partial charge in [-0.05, 0) is 58.2 Å². The summed E-state index contributed by atoms with van der Waals surface area (Å²) in [7, 11) is 0. The lowest BCUT2D eigenvalue weighted by Crippen LogP contribution is -2.43. The van der Waals surface area contributed by atoms with Crippen molar-refractivity contribution in [2.24, 2.45) is 5.92 Å². The molecule has 0 bridgehead atoms. The largest absolute Gasteiger partial charge is 0.493 e. The van der Waals surface area contributed by atoms with Crippen molar-refractivity contribution in [1.82, 2.24) is 10.9 Å². The molecule has 144 valence electrons. The van der Waals surface area contributed by atoms with Gasteiger partial charge in [-0.1, -0.05) is 35.8 Å². The summed E-state index contributed by atoms with van der Waals surface area (Å²) in [6, 6.07) is 12.1. The summed E-state index contributed by atoms with van der Waals surface area (Å²) >= 11 is 6.69. The van der Waals surface area contributed by atoms with Crippen LogP contribution in [0.2, 0.25) is 0 Å². The summed E-state index contributed by atoms with van der Waals surface area (Å²) in [6.45, 7) is 4.41. The monoisotopic (exact) mass is 498 g/mol. The molecule has 0 aliphatic rings. The van der Waals surface area contributed by atoms with E-state index in [0.29, 0.717) is 34.1 Å². The summed E-state index contributed by atoms with van der Waals surface area (Å²) in [5.41, 5.74) is 5.06. The second-order valence-electron chi connectivity index (χ2n) is 6.10. The number of amides is 2. The number of ether oxygens (including phenoxy) is 2. The molecule has 0 atom stereocenters. The molecule has 0 aliphatic heterocycles. The maximum Gasteiger partial charge on any atom is 0.276 e. The van der Waals surface area contributed by atoms with Crippen LogP contribution in [0.25, 0.3) is 0 Å². The summed E-state index contributed by atoms with van der Waals surface area (Å²) in [4.78, 5) is 24.0. The number of nitrogens with one attached hydrogen (secondary N) is 2. The fourth-order valence-electron chi connectivity index (χ4n) is 1.96. The first-order valence-electron chi connectivity index (χ1n) is 8.25. The minimum Gasteiger partial charge on any atom is -0.493 e. The quantitative estimate of drug-likeness (QED) is 0.562. The molecule has 0 saturated carbocycles. The number of benzene rings is 2. The lowest BCUT2D eigenvalue weighted by atomic mass is 10.2. The molecule has 2 rings (SSSR count). The van der Waals surface area contributed by atoms with Gasteiger partial charge in [-0.3, -0.25) is 20.4 Å². The van der Waals surface area contributed by atoms with Gasteiger partial charge in [0.2, 0.25) is 0 Å². The Balaban J connectivity index is 1.82. The zero-order valence-electron chi connectivity index (χ0n) is 14.9. The van der Waals surface area contributed by atoms with E-state index in [2.05, 4.69) is 42.7 Å². The van der Waals surface area contributed by atoms with Crippen molar-refractivity contribution in [3.63, 3.8) is 0 Å². The van der Waals surface area contributed by atoms with Gasteiger partial charge in [0.15, 0.2) is 6.61 Å². The minimum atomic E-state index is -0.481. The van der Waals surface area contributed by atoms with E-state index in [0.717, 1.165) is 4.47 Å². The van der Waals surface area contributed by atoms with Crippen LogP contribution in [0.5, 0.6) is 11.5 Å². The Labute approximate surface area is 174 Å². The van der Waals surface area contributed by atoms with Crippen molar-refractivity contribution < 1.29 is 19.1 Å². The van der Waals surface area contributed by atoms with Crippen LogP contribution in [0.15, 0.2) is 51.4 Å². The zero-order chi connectivity index (χ0) is 19.8. The number of hydrazine groups is 1. The summed E-state index contributed by atoms with van der Waals surface area (Å²) in [5, 5.41) is 0. The van der Waals surface area contributed by atoms with E-state index < -0.39 is 11.8 Å². The van der Waals surface area contributed by atoms with Gasteiger partial charge in [0.25, 0.3) is 11.8 Å². The van der Waals surface area contributed by atoms with Crippen LogP contribution in [-0.4, -0.2) is 25.0 Å². The topological polar surface area (TPSA) is 76.7 Å². The van der Waals surface area contributed by atoms with E-state index in [1.54, 1.807) is 36.4 Å². The lowest BCUT2D eigenvalue weighted by Gasteiger charge is -2.11. The molecule has 2 N–H and O–H groups in total. The van der Waals surface area contributed by atoms with Gasteiger partial charge in [0.1, 0.15) is 11.5 Å². The van der Waals surface area contributed by atoms with Gasteiger partial charge in [0.05, 0.1) is 11.1 Å². The average molecular weight is 500 g/mol. The number of halogens is 2. The van der Waals surface area contributed by atoms with Gasteiger partial charge in [-0.2, -0.15) is 0 Å². The summed E-state index contributed by atoms with van der Waals surface area (Å²) < 4.78 is 12.6. The highest BCUT2D eigenvalue weighted by atomic mass is 79.9. The van der Waals surface area contributed by atoms with Crippen molar-refractivity contribution in [1.29, 1.82) is 0 Å². The highest BCUT2D eigenvalue weighted by Gasteiger charge is 2.10. The number of carbonyl (C=O) groups is 2. The fourth-order valence-corrected chi connectivity index (χ4v) is 3.12. The smallest absolute Gasteiger partial charge is 0.276 e. The normalized spacial score (nSPS) is 10.4. The first kappa shape index (κ1) is 21.2. The first-order valence-corrected chi connectivity index (χ1v) is 9.83. The van der Waals surface area contributed by atoms with Gasteiger partial charge >= 0.3 is 0 Å². The van der Waals surface area contributed by atoms with Crippen molar-refractivity contribution in [2.75, 3.05) is 13.2 Å². The number of hydrogen-bond donors (Lipinski definition) is 2. The maximum absolute atomic E-state index is 12.2. The molecular weight excluding hydrogens is 480 g/mol. The van der Waals surface area contributed by atoms with Gasteiger partial charge in [-0.25, -0.2) is 0 Å². The third kappa shape index (κ3) is 7.22. The number of hydrogen-bond acceptors (Lipinski definition) is 4. The Hall–Kier alpha value is -2.06. The molecular formula is C19H20Br2N2O4. The predicted octanol–water partition coefficient (Wildman–Crippen LogP) is 4.09. The molecule has 0 aliphatic carbocycles. The predicted molar refractivity (Wildman–Crippen MR) is 110 cm³/mol. The lowest BCUT2D eigenvalue weighted by molar-refractivity contribution is -0.123. The van der Waals surface area contributed by atoms with Crippen LogP contribution >= 0.6 is 31.9 Å². The molecule has 2 aromatic rings. The molecule has 2 amide bonds. The first-order chi connectivity index (χ1) is 12.8. The summed E-state index contributed by atoms with van der Waals surface area (Å²) in [6.07, 6.45) is 0. The minimum absolute atomic E-state index is 0.238. The second kappa shape index (κ2) is 10.3. The zero-order valence-corrected chi connectivity index (χ0v) is 18.1. The molecule has 0 spiro atoms. The third-order valence-corrected chi connectivity index (χ3v) is 4.36. The van der Waals surface area contributed by atoms with Crippen molar-refractivity contribution in [3.8, 4) is 11.5 Å². The fraction of sp³-hybridized carbons (Fsp3) is 0.263. The highest BCUT2D eigenvalue weighted by molar-refractivity contribution is 9.11. The highest BCUT2D eigenvalue weighted by Crippen LogP contribution is 2.28. The standard InChI is InChI=1S/C19H20Br2N2O4/c1-12(2)10-26-15-5-3-4-13(8-15)19(25)23-22-18(24)11-27-17-7-6-14(20)9-16(17)21/h3-9,12H,10-11H2,1-2H3,(H,22,24)(H,23,25). The van der Waals surface area contributed by atoms with Crippen LogP contribution in [0.1, 0.15) is 24.2 Å². The Kier molecular flexibility index (Phi) is 8.12. The van der Waals surface area contributed by atoms with Gasteiger partial charge in [-0.15, -0.1) is 0 Å². The molecule has 0 fully saturated rings. The molecule has 0 radical (unpaired) electrons. The molecule has 2 aromatic carbocycles. The van der Waals surface area contributed by atoms with Crippen LogP contribution < -0.4 is 20.3 Å².